The van der Waals surface area contributed by atoms with Gasteiger partial charge in [0, 0.05) is 31.6 Å². The van der Waals surface area contributed by atoms with E-state index in [9.17, 15) is 35.9 Å². The molecule has 0 fully saturated rings. The van der Waals surface area contributed by atoms with Crippen molar-refractivity contribution < 1.29 is 45.4 Å². The number of hydrogen-bond donors (Lipinski definition) is 1. The first-order valence-electron chi connectivity index (χ1n) is 15.9. The molecule has 0 heterocycles. The molecule has 0 aliphatic heterocycles. The number of rotatable bonds is 13. The van der Waals surface area contributed by atoms with Crippen LogP contribution < -0.4 is 14.8 Å². The Hall–Kier alpha value is -5.36. The monoisotopic (exact) mass is 710 g/mol. The van der Waals surface area contributed by atoms with Gasteiger partial charge in [-0.1, -0.05) is 84.4 Å². The molecule has 0 aliphatic carbocycles. The summed E-state index contributed by atoms with van der Waals surface area (Å²) < 4.78 is 79.9. The number of alkyl halides is 6. The number of ether oxygens (including phenoxy) is 2. The number of aryl methyl sites for hydroxylation is 1. The van der Waals surface area contributed by atoms with Gasteiger partial charge in [0.25, 0.3) is 0 Å². The van der Waals surface area contributed by atoms with Gasteiger partial charge in [0.15, 0.2) is 0 Å². The summed E-state index contributed by atoms with van der Waals surface area (Å²) in [6.45, 7) is 3.98. The predicted octanol–water partition coefficient (Wildman–Crippen LogP) is 9.20. The van der Waals surface area contributed by atoms with E-state index in [4.69, 9.17) is 0 Å². The molecule has 0 saturated carbocycles. The molecule has 12 heteroatoms. The number of nitrogens with one attached hydrogen (secondary N) is 1. The number of aldehydes is 1. The summed E-state index contributed by atoms with van der Waals surface area (Å²) in [5.74, 6) is -0.648. The fourth-order valence-electron chi connectivity index (χ4n) is 5.12. The van der Waals surface area contributed by atoms with E-state index in [2.05, 4.69) is 45.1 Å². The lowest BCUT2D eigenvalue weighted by atomic mass is 10.0. The third-order valence-corrected chi connectivity index (χ3v) is 7.59. The van der Waals surface area contributed by atoms with E-state index in [1.165, 1.54) is 40.6 Å². The highest BCUT2D eigenvalue weighted by Gasteiger charge is 2.31. The fraction of sp³-hybridized carbons (Fsp3) is 0.231. The molecule has 0 bridgehead atoms. The molecule has 1 amide bonds. The quantitative estimate of drug-likeness (QED) is 0.0750. The SMILES string of the molecule is Cc1ccc(CN(Cc2ccc(OC(F)(F)F)cc2)C(=O)CCNCCc2cccc3ccccc23)cc1.O=Cc1ccc(OC(F)(F)F)cc1. The van der Waals surface area contributed by atoms with E-state index in [0.717, 1.165) is 41.8 Å². The minimum absolute atomic E-state index is 0.0288. The van der Waals surface area contributed by atoms with Crippen LogP contribution in [0.5, 0.6) is 11.5 Å². The second-order valence-electron chi connectivity index (χ2n) is 11.6. The van der Waals surface area contributed by atoms with E-state index >= 15 is 0 Å². The number of amides is 1. The average molecular weight is 711 g/mol. The number of carbonyl (C=O) groups excluding carboxylic acids is 2. The molecule has 5 rings (SSSR count). The predicted molar refractivity (Wildman–Crippen MR) is 182 cm³/mol. The van der Waals surface area contributed by atoms with Crippen molar-refractivity contribution in [3.05, 3.63) is 143 Å². The Morgan fingerprint density at radius 2 is 1.22 bits per heavy atom. The van der Waals surface area contributed by atoms with E-state index in [0.29, 0.717) is 31.4 Å². The summed E-state index contributed by atoms with van der Waals surface area (Å²) in [5, 5.41) is 5.83. The van der Waals surface area contributed by atoms with Gasteiger partial charge in [0.05, 0.1) is 0 Å². The molecule has 51 heavy (non-hydrogen) atoms. The van der Waals surface area contributed by atoms with Gasteiger partial charge in [-0.25, -0.2) is 0 Å². The summed E-state index contributed by atoms with van der Waals surface area (Å²) in [6.07, 6.45) is -7.72. The highest BCUT2D eigenvalue weighted by molar-refractivity contribution is 5.85. The van der Waals surface area contributed by atoms with Crippen LogP contribution in [-0.4, -0.2) is 42.9 Å². The largest absolute Gasteiger partial charge is 0.573 e. The molecule has 268 valence electrons. The highest BCUT2D eigenvalue weighted by atomic mass is 19.4. The Morgan fingerprint density at radius 1 is 0.686 bits per heavy atom. The first-order valence-corrected chi connectivity index (χ1v) is 15.9. The Morgan fingerprint density at radius 3 is 1.78 bits per heavy atom. The zero-order chi connectivity index (χ0) is 36.9. The van der Waals surface area contributed by atoms with Crippen LogP contribution in [0.2, 0.25) is 0 Å². The number of fused-ring (bicyclic) bond motifs is 1. The summed E-state index contributed by atoms with van der Waals surface area (Å²) in [4.78, 5) is 25.1. The molecule has 0 unspecified atom stereocenters. The van der Waals surface area contributed by atoms with E-state index in [1.54, 1.807) is 17.0 Å². The molecule has 0 saturated heterocycles. The number of benzene rings is 5. The standard InChI is InChI=1S/C31H31F3N2O2.C8H5F3O2/c1-23-9-11-24(12-10-23)21-36(22-25-13-15-28(16-14-25)38-31(32,33)34)30(37)18-20-35-19-17-27-7-4-6-26-5-2-3-8-29(26)27;9-8(10,11)13-7-3-1-6(5-12)2-4-7/h2-16,35H,17-22H2,1H3;1-5H. The van der Waals surface area contributed by atoms with Crippen molar-refractivity contribution in [2.45, 2.75) is 45.6 Å². The lowest BCUT2D eigenvalue weighted by Gasteiger charge is -2.24. The molecule has 0 aliphatic rings. The molecular formula is C39H36F6N2O4. The second kappa shape index (κ2) is 18.0. The average Bonchev–Trinajstić information content (AvgIpc) is 3.09. The van der Waals surface area contributed by atoms with Crippen LogP contribution in [0.4, 0.5) is 26.3 Å². The fourth-order valence-corrected chi connectivity index (χ4v) is 5.12. The third-order valence-electron chi connectivity index (χ3n) is 7.59. The van der Waals surface area contributed by atoms with E-state index in [-0.39, 0.29) is 24.0 Å². The number of hydrogen-bond acceptors (Lipinski definition) is 5. The van der Waals surface area contributed by atoms with Crippen molar-refractivity contribution in [3.8, 4) is 11.5 Å². The van der Waals surface area contributed by atoms with Crippen LogP contribution in [0.25, 0.3) is 10.8 Å². The zero-order valence-electron chi connectivity index (χ0n) is 27.6. The van der Waals surface area contributed by atoms with Crippen molar-refractivity contribution in [1.29, 1.82) is 0 Å². The smallest absolute Gasteiger partial charge is 0.406 e. The van der Waals surface area contributed by atoms with Crippen molar-refractivity contribution in [1.82, 2.24) is 10.2 Å². The maximum absolute atomic E-state index is 13.2. The first-order chi connectivity index (χ1) is 24.3. The van der Waals surface area contributed by atoms with Crippen molar-refractivity contribution in [2.75, 3.05) is 13.1 Å². The minimum Gasteiger partial charge on any atom is -0.406 e. The van der Waals surface area contributed by atoms with Crippen LogP contribution in [-0.2, 0) is 24.3 Å². The Kier molecular flexibility index (Phi) is 13.6. The van der Waals surface area contributed by atoms with Crippen LogP contribution in [0.3, 0.4) is 0 Å². The van der Waals surface area contributed by atoms with Crippen LogP contribution >= 0.6 is 0 Å². The van der Waals surface area contributed by atoms with Gasteiger partial charge in [-0.15, -0.1) is 26.3 Å². The topological polar surface area (TPSA) is 67.9 Å². The molecule has 6 nitrogen and oxygen atoms in total. The third kappa shape index (κ3) is 13.5. The minimum atomic E-state index is -4.74. The number of carbonyl (C=O) groups is 2. The van der Waals surface area contributed by atoms with Crippen molar-refractivity contribution >= 4 is 23.0 Å². The zero-order valence-corrected chi connectivity index (χ0v) is 27.6. The molecule has 5 aromatic rings. The van der Waals surface area contributed by atoms with Gasteiger partial charge >= 0.3 is 12.7 Å². The molecule has 1 N–H and O–H groups in total. The lowest BCUT2D eigenvalue weighted by Crippen LogP contribution is -2.33. The molecule has 5 aromatic carbocycles. The summed E-state index contributed by atoms with van der Waals surface area (Å²) in [5.41, 5.74) is 4.41. The Balaban J connectivity index is 0.000000378. The first kappa shape index (κ1) is 38.4. The maximum atomic E-state index is 13.2. The Bertz CT molecular complexity index is 1840. The second-order valence-corrected chi connectivity index (χ2v) is 11.6. The van der Waals surface area contributed by atoms with Gasteiger partial charge in [0.2, 0.25) is 5.91 Å². The number of nitrogens with zero attached hydrogens (tertiary/aromatic N) is 1. The van der Waals surface area contributed by atoms with Gasteiger partial charge in [-0.3, -0.25) is 9.59 Å². The van der Waals surface area contributed by atoms with Gasteiger partial charge in [0.1, 0.15) is 17.8 Å². The molecule has 0 atom stereocenters. The van der Waals surface area contributed by atoms with Gasteiger partial charge in [-0.2, -0.15) is 0 Å². The molecule has 0 radical (unpaired) electrons. The number of halogens is 6. The van der Waals surface area contributed by atoms with Crippen LogP contribution in [0.1, 0.15) is 39.0 Å². The van der Waals surface area contributed by atoms with Gasteiger partial charge in [-0.05, 0) is 83.8 Å². The normalized spacial score (nSPS) is 11.4. The van der Waals surface area contributed by atoms with Crippen LogP contribution in [0, 0.1) is 6.92 Å². The van der Waals surface area contributed by atoms with Crippen molar-refractivity contribution in [2.24, 2.45) is 0 Å². The summed E-state index contributed by atoms with van der Waals surface area (Å²) in [6, 6.07) is 32.8. The summed E-state index contributed by atoms with van der Waals surface area (Å²) >= 11 is 0. The molecular weight excluding hydrogens is 674 g/mol. The lowest BCUT2D eigenvalue weighted by molar-refractivity contribution is -0.275. The van der Waals surface area contributed by atoms with Gasteiger partial charge < -0.3 is 19.7 Å². The summed E-state index contributed by atoms with van der Waals surface area (Å²) in [7, 11) is 0. The maximum Gasteiger partial charge on any atom is 0.573 e. The van der Waals surface area contributed by atoms with E-state index < -0.39 is 12.7 Å². The van der Waals surface area contributed by atoms with Crippen LogP contribution in [0.15, 0.2) is 115 Å². The molecule has 0 spiro atoms. The molecule has 0 aromatic heterocycles. The van der Waals surface area contributed by atoms with Crippen molar-refractivity contribution in [3.63, 3.8) is 0 Å². The Labute approximate surface area is 291 Å². The highest BCUT2D eigenvalue weighted by Crippen LogP contribution is 2.24. The van der Waals surface area contributed by atoms with E-state index in [1.807, 2.05) is 43.3 Å².